The third-order valence-corrected chi connectivity index (χ3v) is 5.38. The van der Waals surface area contributed by atoms with Crippen molar-refractivity contribution in [1.29, 1.82) is 0 Å². The second-order valence-corrected chi connectivity index (χ2v) is 6.17. The van der Waals surface area contributed by atoms with E-state index in [-0.39, 0.29) is 4.75 Å². The van der Waals surface area contributed by atoms with Crippen LogP contribution in [0.2, 0.25) is 0 Å². The Morgan fingerprint density at radius 2 is 1.53 bits per heavy atom. The van der Waals surface area contributed by atoms with Crippen LogP contribution in [-0.4, -0.2) is 0 Å². The predicted molar refractivity (Wildman–Crippen MR) is 83.7 cm³/mol. The molecule has 0 bridgehead atoms. The topological polar surface area (TPSA) is 0 Å². The maximum Gasteiger partial charge on any atom is 0.0509 e. The minimum Gasteiger partial charge on any atom is -0.110 e. The molecule has 1 aromatic rings. The van der Waals surface area contributed by atoms with Gasteiger partial charge in [-0.05, 0) is 18.4 Å². The summed E-state index contributed by atoms with van der Waals surface area (Å²) in [5, 5.41) is 0. The average molecular weight is 268 g/mol. The zero-order valence-corrected chi connectivity index (χ0v) is 12.7. The van der Waals surface area contributed by atoms with Gasteiger partial charge in [-0.2, -0.15) is 0 Å². The van der Waals surface area contributed by atoms with Gasteiger partial charge in [0.05, 0.1) is 4.75 Å². The lowest BCUT2D eigenvalue weighted by Crippen LogP contribution is -2.20. The summed E-state index contributed by atoms with van der Waals surface area (Å²) in [4.78, 5) is 0. The first kappa shape index (κ1) is 15.0. The van der Waals surface area contributed by atoms with Gasteiger partial charge in [-0.3, -0.25) is 0 Å². The van der Waals surface area contributed by atoms with Gasteiger partial charge in [0.2, 0.25) is 0 Å². The van der Waals surface area contributed by atoms with Crippen LogP contribution >= 0.6 is 22.5 Å². The van der Waals surface area contributed by atoms with Crippen molar-refractivity contribution < 1.29 is 0 Å². The summed E-state index contributed by atoms with van der Waals surface area (Å²) >= 11 is 4.58. The van der Waals surface area contributed by atoms with Gasteiger partial charge in [0, 0.05) is 0 Å². The first-order valence-corrected chi connectivity index (χ1v) is 8.54. The third-order valence-electron chi connectivity index (χ3n) is 3.34. The quantitative estimate of drug-likeness (QED) is 0.456. The van der Waals surface area contributed by atoms with Gasteiger partial charge in [0.1, 0.15) is 0 Å². The zero-order chi connectivity index (χ0) is 12.6. The Morgan fingerprint density at radius 3 is 1.94 bits per heavy atom. The molecule has 0 spiro atoms. The van der Waals surface area contributed by atoms with E-state index < -0.39 is 0 Å². The summed E-state index contributed by atoms with van der Waals surface area (Å²) in [5.41, 5.74) is 1.45. The molecule has 0 radical (unpaired) electrons. The van der Waals surface area contributed by atoms with E-state index in [1.807, 2.05) is 0 Å². The van der Waals surface area contributed by atoms with Gasteiger partial charge in [-0.25, -0.2) is 0 Å². The molecule has 1 aromatic carbocycles. The Balaban J connectivity index is 2.89. The highest BCUT2D eigenvalue weighted by atomic mass is 33.1. The summed E-state index contributed by atoms with van der Waals surface area (Å²) in [5.74, 6) is 0. The summed E-state index contributed by atoms with van der Waals surface area (Å²) in [7, 11) is 1.74. The summed E-state index contributed by atoms with van der Waals surface area (Å²) < 4.78 is 0.219. The summed E-state index contributed by atoms with van der Waals surface area (Å²) in [6.07, 6.45) is 7.56. The highest BCUT2D eigenvalue weighted by molar-refractivity contribution is 8.69. The first-order chi connectivity index (χ1) is 8.29. The van der Waals surface area contributed by atoms with E-state index in [0.29, 0.717) is 0 Å². The Bertz CT molecular complexity index is 287. The molecule has 0 aliphatic carbocycles. The monoisotopic (exact) mass is 268 g/mol. The fourth-order valence-electron chi connectivity index (χ4n) is 2.22. The first-order valence-electron chi connectivity index (χ1n) is 6.67. The Labute approximate surface area is 115 Å². The van der Waals surface area contributed by atoms with Crippen molar-refractivity contribution in [3.63, 3.8) is 0 Å². The maximum absolute atomic E-state index is 4.58. The number of thiol groups is 1. The van der Waals surface area contributed by atoms with E-state index in [1.165, 1.54) is 44.1 Å². The SMILES string of the molecule is CCCCC(CCCC)(SS)c1ccccc1. The fraction of sp³-hybridized carbons (Fsp3) is 0.600. The molecule has 0 unspecified atom stereocenters. The number of hydrogen-bond acceptors (Lipinski definition) is 2. The minimum absolute atomic E-state index is 0.219. The van der Waals surface area contributed by atoms with Crippen molar-refractivity contribution >= 4 is 22.5 Å². The Morgan fingerprint density at radius 1 is 1.00 bits per heavy atom. The standard InChI is InChI=1S/C15H24S2/c1-3-5-12-15(17-16,13-6-4-2)14-10-8-7-9-11-14/h7-11,16H,3-6,12-13H2,1-2H3. The minimum atomic E-state index is 0.219. The van der Waals surface area contributed by atoms with Crippen LogP contribution in [0.3, 0.4) is 0 Å². The van der Waals surface area contributed by atoms with E-state index in [2.05, 4.69) is 55.8 Å². The summed E-state index contributed by atoms with van der Waals surface area (Å²) in [6, 6.07) is 10.9. The lowest BCUT2D eigenvalue weighted by atomic mass is 9.88. The molecule has 0 fully saturated rings. The van der Waals surface area contributed by atoms with Crippen molar-refractivity contribution in [2.45, 2.75) is 57.1 Å². The van der Waals surface area contributed by atoms with Crippen molar-refractivity contribution in [1.82, 2.24) is 0 Å². The number of rotatable bonds is 8. The van der Waals surface area contributed by atoms with Gasteiger partial charge >= 0.3 is 0 Å². The van der Waals surface area contributed by atoms with Crippen LogP contribution in [0.15, 0.2) is 30.3 Å². The van der Waals surface area contributed by atoms with Crippen LogP contribution in [0.1, 0.15) is 57.9 Å². The van der Waals surface area contributed by atoms with Crippen LogP contribution in [0.5, 0.6) is 0 Å². The average Bonchev–Trinajstić information content (AvgIpc) is 2.41. The van der Waals surface area contributed by atoms with Crippen LogP contribution in [-0.2, 0) is 4.75 Å². The van der Waals surface area contributed by atoms with E-state index in [9.17, 15) is 0 Å². The van der Waals surface area contributed by atoms with Gasteiger partial charge in [0.15, 0.2) is 0 Å². The Kier molecular flexibility index (Phi) is 7.14. The van der Waals surface area contributed by atoms with E-state index in [4.69, 9.17) is 0 Å². The van der Waals surface area contributed by atoms with Crippen LogP contribution in [0.4, 0.5) is 0 Å². The zero-order valence-electron chi connectivity index (χ0n) is 11.0. The van der Waals surface area contributed by atoms with Crippen molar-refractivity contribution in [2.75, 3.05) is 0 Å². The van der Waals surface area contributed by atoms with Crippen molar-refractivity contribution in [2.24, 2.45) is 0 Å². The molecule has 0 heterocycles. The van der Waals surface area contributed by atoms with Gasteiger partial charge in [-0.15, -0.1) is 11.7 Å². The number of unbranched alkanes of at least 4 members (excludes halogenated alkanes) is 2. The lowest BCUT2D eigenvalue weighted by Gasteiger charge is -2.32. The van der Waals surface area contributed by atoms with E-state index >= 15 is 0 Å². The van der Waals surface area contributed by atoms with E-state index in [1.54, 1.807) is 10.8 Å². The second-order valence-electron chi connectivity index (χ2n) is 4.66. The molecule has 0 aliphatic heterocycles. The molecule has 1 rings (SSSR count). The molecule has 0 atom stereocenters. The fourth-order valence-corrected chi connectivity index (χ4v) is 3.80. The maximum atomic E-state index is 4.58. The number of benzene rings is 1. The molecule has 0 N–H and O–H groups in total. The predicted octanol–water partition coefficient (Wildman–Crippen LogP) is 5.84. The second kappa shape index (κ2) is 8.10. The molecular weight excluding hydrogens is 244 g/mol. The molecule has 0 saturated heterocycles. The van der Waals surface area contributed by atoms with Crippen LogP contribution < -0.4 is 0 Å². The molecular formula is C15H24S2. The highest BCUT2D eigenvalue weighted by Crippen LogP contribution is 2.46. The third kappa shape index (κ3) is 4.26. The summed E-state index contributed by atoms with van der Waals surface area (Å²) in [6.45, 7) is 4.53. The van der Waals surface area contributed by atoms with Gasteiger partial charge in [0.25, 0.3) is 0 Å². The smallest absolute Gasteiger partial charge is 0.0509 e. The largest absolute Gasteiger partial charge is 0.110 e. The normalized spacial score (nSPS) is 11.7. The van der Waals surface area contributed by atoms with Crippen LogP contribution in [0, 0.1) is 0 Å². The molecule has 0 nitrogen and oxygen atoms in total. The molecule has 2 heteroatoms. The molecule has 0 aromatic heterocycles. The highest BCUT2D eigenvalue weighted by Gasteiger charge is 2.30. The van der Waals surface area contributed by atoms with Crippen molar-refractivity contribution in [3.05, 3.63) is 35.9 Å². The van der Waals surface area contributed by atoms with Gasteiger partial charge in [-0.1, -0.05) is 80.7 Å². The molecule has 0 saturated carbocycles. The molecule has 0 amide bonds. The number of hydrogen-bond donors (Lipinski definition) is 1. The molecule has 17 heavy (non-hydrogen) atoms. The van der Waals surface area contributed by atoms with E-state index in [0.717, 1.165) is 0 Å². The Hall–Kier alpha value is -0.0800. The lowest BCUT2D eigenvalue weighted by molar-refractivity contribution is 0.483. The molecule has 96 valence electrons. The van der Waals surface area contributed by atoms with Crippen LogP contribution in [0.25, 0.3) is 0 Å². The van der Waals surface area contributed by atoms with Crippen molar-refractivity contribution in [3.8, 4) is 0 Å². The van der Waals surface area contributed by atoms with Gasteiger partial charge < -0.3 is 0 Å². The molecule has 0 aliphatic rings.